The number of carbonyl (C=O) groups is 1. The van der Waals surface area contributed by atoms with Gasteiger partial charge in [-0.05, 0) is 50.7 Å². The standard InChI is InChI=1S/C16H25N3O2.ClH/c1-17-12-16(20)18-11-15(19-8-3-4-9-19)13-6-5-7-14(10-13)21-2;/h5-7,10,15,17H,3-4,8-9,11-12H2,1-2H3,(H,18,20);1H. The maximum Gasteiger partial charge on any atom is 0.234 e. The molecule has 1 aromatic rings. The number of rotatable bonds is 7. The quantitative estimate of drug-likeness (QED) is 0.798. The van der Waals surface area contributed by atoms with Gasteiger partial charge in [0.1, 0.15) is 5.75 Å². The summed E-state index contributed by atoms with van der Waals surface area (Å²) in [6.07, 6.45) is 2.45. The Labute approximate surface area is 138 Å². The second kappa shape index (κ2) is 9.66. The molecular formula is C16H26ClN3O2. The molecule has 22 heavy (non-hydrogen) atoms. The van der Waals surface area contributed by atoms with E-state index in [4.69, 9.17) is 4.74 Å². The maximum atomic E-state index is 11.7. The van der Waals surface area contributed by atoms with Gasteiger partial charge in [0.25, 0.3) is 0 Å². The Balaban J connectivity index is 0.00000242. The SMILES string of the molecule is CNCC(=O)NCC(c1cccc(OC)c1)N1CCCC1.Cl. The first-order valence-electron chi connectivity index (χ1n) is 7.54. The van der Waals surface area contributed by atoms with Gasteiger partial charge in [-0.2, -0.15) is 0 Å². The van der Waals surface area contributed by atoms with Crippen molar-refractivity contribution in [3.8, 4) is 5.75 Å². The minimum Gasteiger partial charge on any atom is -0.497 e. The van der Waals surface area contributed by atoms with Crippen molar-refractivity contribution in [2.24, 2.45) is 0 Å². The minimum atomic E-state index is 0. The van der Waals surface area contributed by atoms with E-state index < -0.39 is 0 Å². The molecule has 0 aliphatic carbocycles. The highest BCUT2D eigenvalue weighted by Crippen LogP contribution is 2.27. The Hall–Kier alpha value is -1.30. The lowest BCUT2D eigenvalue weighted by Gasteiger charge is -2.28. The van der Waals surface area contributed by atoms with Crippen molar-refractivity contribution in [1.82, 2.24) is 15.5 Å². The lowest BCUT2D eigenvalue weighted by molar-refractivity contribution is -0.120. The van der Waals surface area contributed by atoms with Crippen LogP contribution < -0.4 is 15.4 Å². The molecule has 0 radical (unpaired) electrons. The van der Waals surface area contributed by atoms with Gasteiger partial charge in [-0.3, -0.25) is 9.69 Å². The molecule has 1 aromatic carbocycles. The van der Waals surface area contributed by atoms with Gasteiger partial charge >= 0.3 is 0 Å². The Kier molecular flexibility index (Phi) is 8.24. The molecule has 1 heterocycles. The molecule has 1 unspecified atom stereocenters. The van der Waals surface area contributed by atoms with E-state index in [0.717, 1.165) is 18.8 Å². The van der Waals surface area contributed by atoms with Crippen LogP contribution in [0.15, 0.2) is 24.3 Å². The fourth-order valence-corrected chi connectivity index (χ4v) is 2.79. The third-order valence-corrected chi connectivity index (χ3v) is 3.89. The number of nitrogens with one attached hydrogen (secondary N) is 2. The molecule has 0 bridgehead atoms. The van der Waals surface area contributed by atoms with Crippen molar-refractivity contribution >= 4 is 18.3 Å². The summed E-state index contributed by atoms with van der Waals surface area (Å²) >= 11 is 0. The number of hydrogen-bond acceptors (Lipinski definition) is 4. The lowest BCUT2D eigenvalue weighted by Crippen LogP contribution is -2.39. The molecule has 2 N–H and O–H groups in total. The number of methoxy groups -OCH3 is 1. The summed E-state index contributed by atoms with van der Waals surface area (Å²) in [6.45, 7) is 3.16. The van der Waals surface area contributed by atoms with E-state index in [2.05, 4.69) is 27.7 Å². The van der Waals surface area contributed by atoms with Crippen LogP contribution in [0.25, 0.3) is 0 Å². The Morgan fingerprint density at radius 2 is 2.09 bits per heavy atom. The maximum absolute atomic E-state index is 11.7. The third kappa shape index (κ3) is 5.16. The van der Waals surface area contributed by atoms with Gasteiger partial charge in [-0.15, -0.1) is 12.4 Å². The number of carbonyl (C=O) groups excluding carboxylic acids is 1. The minimum absolute atomic E-state index is 0. The van der Waals surface area contributed by atoms with E-state index in [-0.39, 0.29) is 24.4 Å². The number of halogens is 1. The van der Waals surface area contributed by atoms with Crippen LogP contribution in [-0.2, 0) is 4.79 Å². The molecular weight excluding hydrogens is 302 g/mol. The Bertz CT molecular complexity index is 464. The van der Waals surface area contributed by atoms with E-state index in [9.17, 15) is 4.79 Å². The Morgan fingerprint density at radius 3 is 2.73 bits per heavy atom. The fourth-order valence-electron chi connectivity index (χ4n) is 2.79. The summed E-state index contributed by atoms with van der Waals surface area (Å²) in [4.78, 5) is 14.1. The average Bonchev–Trinajstić information content (AvgIpc) is 3.02. The van der Waals surface area contributed by atoms with Gasteiger partial charge in [0, 0.05) is 6.54 Å². The fraction of sp³-hybridized carbons (Fsp3) is 0.562. The largest absolute Gasteiger partial charge is 0.497 e. The van der Waals surface area contributed by atoms with Gasteiger partial charge in [0.15, 0.2) is 0 Å². The number of nitrogens with zero attached hydrogens (tertiary/aromatic N) is 1. The summed E-state index contributed by atoms with van der Waals surface area (Å²) < 4.78 is 5.32. The van der Waals surface area contributed by atoms with E-state index in [1.165, 1.54) is 18.4 Å². The van der Waals surface area contributed by atoms with Crippen molar-refractivity contribution < 1.29 is 9.53 Å². The zero-order chi connectivity index (χ0) is 15.1. The number of benzene rings is 1. The molecule has 1 amide bonds. The van der Waals surface area contributed by atoms with Crippen LogP contribution >= 0.6 is 12.4 Å². The first kappa shape index (κ1) is 18.7. The molecule has 1 fully saturated rings. The third-order valence-electron chi connectivity index (χ3n) is 3.89. The Morgan fingerprint density at radius 1 is 1.36 bits per heavy atom. The zero-order valence-electron chi connectivity index (χ0n) is 13.3. The van der Waals surface area contributed by atoms with Crippen molar-refractivity contribution in [3.05, 3.63) is 29.8 Å². The van der Waals surface area contributed by atoms with Crippen molar-refractivity contribution in [3.63, 3.8) is 0 Å². The van der Waals surface area contributed by atoms with Crippen LogP contribution in [0.1, 0.15) is 24.4 Å². The van der Waals surface area contributed by atoms with E-state index in [1.54, 1.807) is 14.2 Å². The monoisotopic (exact) mass is 327 g/mol. The molecule has 0 spiro atoms. The molecule has 0 saturated carbocycles. The predicted octanol–water partition coefficient (Wildman–Crippen LogP) is 1.59. The van der Waals surface area contributed by atoms with Gasteiger partial charge in [0.05, 0.1) is 19.7 Å². The average molecular weight is 328 g/mol. The van der Waals surface area contributed by atoms with Gasteiger partial charge < -0.3 is 15.4 Å². The second-order valence-electron chi connectivity index (χ2n) is 5.37. The van der Waals surface area contributed by atoms with Crippen LogP contribution in [-0.4, -0.2) is 51.1 Å². The van der Waals surface area contributed by atoms with Crippen molar-refractivity contribution in [1.29, 1.82) is 0 Å². The second-order valence-corrected chi connectivity index (χ2v) is 5.37. The number of hydrogen-bond donors (Lipinski definition) is 2. The van der Waals surface area contributed by atoms with Gasteiger partial charge in [0.2, 0.25) is 5.91 Å². The highest BCUT2D eigenvalue weighted by molar-refractivity contribution is 5.85. The van der Waals surface area contributed by atoms with Crippen LogP contribution in [0.3, 0.4) is 0 Å². The number of likely N-dealkylation sites (tertiary alicyclic amines) is 1. The molecule has 6 heteroatoms. The molecule has 5 nitrogen and oxygen atoms in total. The highest BCUT2D eigenvalue weighted by Gasteiger charge is 2.24. The van der Waals surface area contributed by atoms with Crippen LogP contribution in [0.5, 0.6) is 5.75 Å². The van der Waals surface area contributed by atoms with Crippen LogP contribution in [0, 0.1) is 0 Å². The van der Waals surface area contributed by atoms with Crippen molar-refractivity contribution in [2.75, 3.05) is 40.3 Å². The van der Waals surface area contributed by atoms with E-state index in [0.29, 0.717) is 13.1 Å². The smallest absolute Gasteiger partial charge is 0.234 e. The molecule has 1 saturated heterocycles. The summed E-state index contributed by atoms with van der Waals surface area (Å²) in [5.41, 5.74) is 1.20. The molecule has 1 aliphatic rings. The van der Waals surface area contributed by atoms with E-state index in [1.807, 2.05) is 12.1 Å². The summed E-state index contributed by atoms with van der Waals surface area (Å²) in [5, 5.41) is 5.89. The number of ether oxygens (including phenoxy) is 1. The van der Waals surface area contributed by atoms with E-state index >= 15 is 0 Å². The lowest BCUT2D eigenvalue weighted by atomic mass is 10.0. The first-order valence-corrected chi connectivity index (χ1v) is 7.54. The molecule has 1 aliphatic heterocycles. The van der Waals surface area contributed by atoms with Crippen LogP contribution in [0.4, 0.5) is 0 Å². The molecule has 2 rings (SSSR count). The van der Waals surface area contributed by atoms with Crippen molar-refractivity contribution in [2.45, 2.75) is 18.9 Å². The first-order chi connectivity index (χ1) is 10.2. The topological polar surface area (TPSA) is 53.6 Å². The summed E-state index contributed by atoms with van der Waals surface area (Å²) in [5.74, 6) is 0.892. The predicted molar refractivity (Wildman–Crippen MR) is 90.7 cm³/mol. The summed E-state index contributed by atoms with van der Waals surface area (Å²) in [6, 6.07) is 8.34. The van der Waals surface area contributed by atoms with Gasteiger partial charge in [-0.1, -0.05) is 12.1 Å². The number of likely N-dealkylation sites (N-methyl/N-ethyl adjacent to an activating group) is 1. The summed E-state index contributed by atoms with van der Waals surface area (Å²) in [7, 11) is 3.46. The van der Waals surface area contributed by atoms with Crippen LogP contribution in [0.2, 0.25) is 0 Å². The molecule has 124 valence electrons. The molecule has 0 aromatic heterocycles. The molecule has 1 atom stereocenters. The van der Waals surface area contributed by atoms with Gasteiger partial charge in [-0.25, -0.2) is 0 Å². The highest BCUT2D eigenvalue weighted by atomic mass is 35.5. The zero-order valence-corrected chi connectivity index (χ0v) is 14.1. The number of amides is 1. The normalized spacial score (nSPS) is 15.9.